The summed E-state index contributed by atoms with van der Waals surface area (Å²) in [6.45, 7) is 14.6. The lowest BCUT2D eigenvalue weighted by atomic mass is 9.95. The molecule has 0 spiro atoms. The quantitative estimate of drug-likeness (QED) is 0.300. The van der Waals surface area contributed by atoms with Gasteiger partial charge in [-0.05, 0) is 45.0 Å². The highest BCUT2D eigenvalue weighted by Gasteiger charge is 2.28. The van der Waals surface area contributed by atoms with E-state index in [1.807, 2.05) is 59.3 Å². The van der Waals surface area contributed by atoms with Crippen molar-refractivity contribution in [3.63, 3.8) is 0 Å². The molecule has 2 aromatic carbocycles. The number of nitrogens with one attached hydrogen (secondary N) is 1. The van der Waals surface area contributed by atoms with Crippen molar-refractivity contribution in [2.24, 2.45) is 21.1 Å². The lowest BCUT2D eigenvalue weighted by Gasteiger charge is -2.30. The lowest BCUT2D eigenvalue weighted by Crippen LogP contribution is -2.36. The maximum Gasteiger partial charge on any atom is 0.412 e. The van der Waals surface area contributed by atoms with Crippen LogP contribution in [0.1, 0.15) is 47.4 Å². The monoisotopic (exact) mass is 614 g/mol. The maximum absolute atomic E-state index is 13.2. The summed E-state index contributed by atoms with van der Waals surface area (Å²) in [5, 5.41) is 7.36. The molecule has 238 valence electrons. The summed E-state index contributed by atoms with van der Waals surface area (Å²) in [4.78, 5) is 33.7. The molecule has 3 aromatic heterocycles. The number of aryl methyl sites for hydroxylation is 3. The van der Waals surface area contributed by atoms with Gasteiger partial charge in [0.15, 0.2) is 0 Å². The van der Waals surface area contributed by atoms with Gasteiger partial charge in [0.05, 0.1) is 58.5 Å². The highest BCUT2D eigenvalue weighted by molar-refractivity contribution is 5.99. The smallest absolute Gasteiger partial charge is 0.412 e. The van der Waals surface area contributed by atoms with E-state index in [-0.39, 0.29) is 11.1 Å². The van der Waals surface area contributed by atoms with E-state index in [1.54, 1.807) is 27.1 Å². The summed E-state index contributed by atoms with van der Waals surface area (Å²) in [6.07, 6.45) is 3.12. The molecule has 0 bridgehead atoms. The zero-order valence-electron chi connectivity index (χ0n) is 27.6. The molecule has 1 aliphatic rings. The van der Waals surface area contributed by atoms with Crippen molar-refractivity contribution in [2.45, 2.75) is 52.6 Å². The van der Waals surface area contributed by atoms with E-state index in [4.69, 9.17) is 14.5 Å². The van der Waals surface area contributed by atoms with Gasteiger partial charge < -0.3 is 14.4 Å². The van der Waals surface area contributed by atoms with Crippen molar-refractivity contribution in [3.8, 4) is 16.8 Å². The molecule has 12 heteroatoms. The predicted molar refractivity (Wildman–Crippen MR) is 177 cm³/mol. The summed E-state index contributed by atoms with van der Waals surface area (Å²) in [7, 11) is 5.47. The van der Waals surface area contributed by atoms with E-state index < -0.39 is 11.7 Å². The molecule has 1 amide bonds. The molecule has 45 heavy (non-hydrogen) atoms. The first-order valence-electron chi connectivity index (χ1n) is 15.2. The van der Waals surface area contributed by atoms with Crippen molar-refractivity contribution >= 4 is 39.5 Å². The summed E-state index contributed by atoms with van der Waals surface area (Å²) in [5.41, 5.74) is 6.21. The third kappa shape index (κ3) is 5.58. The van der Waals surface area contributed by atoms with Crippen LogP contribution in [0.4, 0.5) is 16.2 Å². The molecule has 6 rings (SSSR count). The first-order chi connectivity index (χ1) is 21.1. The molecule has 0 aliphatic carbocycles. The summed E-state index contributed by atoms with van der Waals surface area (Å²) in [5.74, 6) is 0.845. The van der Waals surface area contributed by atoms with Crippen LogP contribution < -0.4 is 15.9 Å². The normalized spacial score (nSPS) is 14.5. The number of amides is 1. The van der Waals surface area contributed by atoms with Gasteiger partial charge in [-0.25, -0.2) is 14.6 Å². The first-order valence-corrected chi connectivity index (χ1v) is 15.2. The average molecular weight is 615 g/mol. The SMILES string of the molecule is Cn1cc(-c2cc3nc(C(C)(C)C)n(-c4cc(N5CCOCC5)c5c(c4)n(C)c(=O)n5C)c3cc2NC(=O)OC(C)(C)C)cn1. The van der Waals surface area contributed by atoms with Crippen molar-refractivity contribution in [1.29, 1.82) is 0 Å². The molecule has 1 aliphatic heterocycles. The topological polar surface area (TPSA) is 113 Å². The molecule has 12 nitrogen and oxygen atoms in total. The van der Waals surface area contributed by atoms with Crippen molar-refractivity contribution in [2.75, 3.05) is 36.5 Å². The van der Waals surface area contributed by atoms with Gasteiger partial charge >= 0.3 is 11.8 Å². The molecule has 0 atom stereocenters. The Labute approximate surface area is 262 Å². The molecule has 1 N–H and O–H groups in total. The van der Waals surface area contributed by atoms with Gasteiger partial charge in [-0.2, -0.15) is 5.10 Å². The molecular weight excluding hydrogens is 572 g/mol. The highest BCUT2D eigenvalue weighted by Crippen LogP contribution is 2.39. The molecule has 1 fully saturated rings. The van der Waals surface area contributed by atoms with Gasteiger partial charge in [-0.15, -0.1) is 0 Å². The Morgan fingerprint density at radius 3 is 2.29 bits per heavy atom. The third-order valence-corrected chi connectivity index (χ3v) is 8.05. The Morgan fingerprint density at radius 2 is 1.67 bits per heavy atom. The fourth-order valence-electron chi connectivity index (χ4n) is 5.99. The number of imidazole rings is 2. The number of hydrogen-bond donors (Lipinski definition) is 1. The largest absolute Gasteiger partial charge is 0.444 e. The summed E-state index contributed by atoms with van der Waals surface area (Å²) >= 11 is 0. The fourth-order valence-corrected chi connectivity index (χ4v) is 5.99. The number of anilines is 2. The minimum Gasteiger partial charge on any atom is -0.444 e. The van der Waals surface area contributed by atoms with Crippen molar-refractivity contribution < 1.29 is 14.3 Å². The van der Waals surface area contributed by atoms with E-state index in [0.29, 0.717) is 18.9 Å². The Kier molecular flexibility index (Phi) is 7.30. The van der Waals surface area contributed by atoms with E-state index in [9.17, 15) is 9.59 Å². The Hall–Kier alpha value is -4.58. The van der Waals surface area contributed by atoms with Gasteiger partial charge in [0.2, 0.25) is 0 Å². The molecule has 5 aromatic rings. The van der Waals surface area contributed by atoms with E-state index in [1.165, 1.54) is 0 Å². The van der Waals surface area contributed by atoms with Crippen LogP contribution in [0.15, 0.2) is 41.5 Å². The Bertz CT molecular complexity index is 1990. The second-order valence-corrected chi connectivity index (χ2v) is 13.8. The zero-order chi connectivity index (χ0) is 32.4. The van der Waals surface area contributed by atoms with Crippen molar-refractivity contribution in [3.05, 3.63) is 53.0 Å². The van der Waals surface area contributed by atoms with E-state index >= 15 is 0 Å². The first kappa shape index (κ1) is 30.4. The number of morpholine rings is 1. The van der Waals surface area contributed by atoms with Crippen LogP contribution in [0.25, 0.3) is 38.9 Å². The third-order valence-electron chi connectivity index (χ3n) is 8.05. The van der Waals surface area contributed by atoms with Gasteiger partial charge in [-0.3, -0.25) is 23.7 Å². The number of nitrogens with zero attached hydrogens (tertiary/aromatic N) is 7. The Morgan fingerprint density at radius 1 is 0.956 bits per heavy atom. The van der Waals surface area contributed by atoms with E-state index in [2.05, 4.69) is 46.7 Å². The zero-order valence-corrected chi connectivity index (χ0v) is 27.6. The van der Waals surface area contributed by atoms with Gasteiger partial charge in [0, 0.05) is 57.0 Å². The second kappa shape index (κ2) is 10.8. The highest BCUT2D eigenvalue weighted by atomic mass is 16.6. The second-order valence-electron chi connectivity index (χ2n) is 13.8. The maximum atomic E-state index is 13.2. The molecule has 0 radical (unpaired) electrons. The van der Waals surface area contributed by atoms with Crippen LogP contribution in [0, 0.1) is 0 Å². The minimum atomic E-state index is -0.666. The number of carbonyl (C=O) groups excluding carboxylic acids is 1. The standard InChI is InChI=1S/C33H42N8O4/c1-32(2,3)29-35-24-16-22(20-18-34-37(7)19-20)23(36-30(42)45-33(4,5)6)17-25(24)41(29)21-14-26-28(39(9)31(43)38(26)8)27(15-21)40-10-12-44-13-11-40/h14-19H,10-13H2,1-9H3,(H,36,42). The molecule has 4 heterocycles. The minimum absolute atomic E-state index is 0.0897. The molecule has 0 saturated carbocycles. The Balaban J connectivity index is 1.64. The number of benzene rings is 2. The predicted octanol–water partition coefficient (Wildman–Crippen LogP) is 5.10. The van der Waals surface area contributed by atoms with Crippen LogP contribution in [-0.4, -0.2) is 66.5 Å². The van der Waals surface area contributed by atoms with Crippen LogP contribution >= 0.6 is 0 Å². The fraction of sp³-hybridized carbons (Fsp3) is 0.455. The molecule has 1 saturated heterocycles. The number of rotatable bonds is 4. The van der Waals surface area contributed by atoms with Crippen LogP contribution in [0.2, 0.25) is 0 Å². The summed E-state index contributed by atoms with van der Waals surface area (Å²) in [6, 6.07) is 8.13. The number of aromatic nitrogens is 6. The van der Waals surface area contributed by atoms with Crippen LogP contribution in [0.5, 0.6) is 0 Å². The number of ether oxygens (including phenoxy) is 2. The molecule has 0 unspecified atom stereocenters. The van der Waals surface area contributed by atoms with Crippen LogP contribution in [-0.2, 0) is 36.0 Å². The molecular formula is C33H42N8O4. The van der Waals surface area contributed by atoms with Crippen LogP contribution in [0.3, 0.4) is 0 Å². The number of fused-ring (bicyclic) bond motifs is 2. The lowest BCUT2D eigenvalue weighted by molar-refractivity contribution is 0.0636. The van der Waals surface area contributed by atoms with E-state index in [0.717, 1.165) is 63.5 Å². The summed E-state index contributed by atoms with van der Waals surface area (Å²) < 4.78 is 18.6. The average Bonchev–Trinajstić information content (AvgIpc) is 3.62. The number of hydrogen-bond acceptors (Lipinski definition) is 7. The van der Waals surface area contributed by atoms with Gasteiger partial charge in [0.25, 0.3) is 0 Å². The van der Waals surface area contributed by atoms with Gasteiger partial charge in [0.1, 0.15) is 11.4 Å². The van der Waals surface area contributed by atoms with Crippen molar-refractivity contribution in [1.82, 2.24) is 28.5 Å². The number of carbonyl (C=O) groups is 1. The van der Waals surface area contributed by atoms with Gasteiger partial charge in [-0.1, -0.05) is 20.8 Å².